The second-order valence-corrected chi connectivity index (χ2v) is 5.67. The second kappa shape index (κ2) is 7.53. The predicted molar refractivity (Wildman–Crippen MR) is 84.8 cm³/mol. The number of nitrogens with one attached hydrogen (secondary N) is 1. The Labute approximate surface area is 119 Å². The lowest BCUT2D eigenvalue weighted by Gasteiger charge is -2.18. The lowest BCUT2D eigenvalue weighted by molar-refractivity contribution is 0.322. The molecule has 0 amide bonds. The number of aliphatic hydroxyl groups excluding tert-OH is 1. The van der Waals surface area contributed by atoms with Crippen LogP contribution in [0, 0.1) is 0 Å². The number of benzene rings is 2. The third kappa shape index (κ3) is 3.96. The quantitative estimate of drug-likeness (QED) is 0.761. The molecule has 0 radical (unpaired) electrons. The highest BCUT2D eigenvalue weighted by Crippen LogP contribution is 2.23. The molecule has 2 nitrogen and oxygen atoms in total. The summed E-state index contributed by atoms with van der Waals surface area (Å²) in [4.78, 5) is 0. The highest BCUT2D eigenvalue weighted by molar-refractivity contribution is 7.99. The first-order valence-electron chi connectivity index (χ1n) is 6.76. The van der Waals surface area contributed by atoms with Gasteiger partial charge in [-0.1, -0.05) is 43.3 Å². The first-order chi connectivity index (χ1) is 9.35. The van der Waals surface area contributed by atoms with Crippen molar-refractivity contribution in [2.75, 3.05) is 24.7 Å². The van der Waals surface area contributed by atoms with Gasteiger partial charge in [-0.25, -0.2) is 0 Å². The zero-order valence-corrected chi connectivity index (χ0v) is 12.1. The molecule has 2 aromatic rings. The third-order valence-corrected chi connectivity index (χ3v) is 4.19. The van der Waals surface area contributed by atoms with Crippen molar-refractivity contribution in [3.63, 3.8) is 0 Å². The molecule has 19 heavy (non-hydrogen) atoms. The summed E-state index contributed by atoms with van der Waals surface area (Å²) in [6.07, 6.45) is 0. The van der Waals surface area contributed by atoms with Crippen molar-refractivity contribution < 1.29 is 5.11 Å². The van der Waals surface area contributed by atoms with Crippen LogP contribution in [0.5, 0.6) is 0 Å². The smallest absolute Gasteiger partial charge is 0.0521 e. The molecule has 2 N–H and O–H groups in total. The summed E-state index contributed by atoms with van der Waals surface area (Å²) in [7, 11) is 0. The Morgan fingerprint density at radius 3 is 2.68 bits per heavy atom. The lowest BCUT2D eigenvalue weighted by atomic mass is 10.0. The molecular weight excluding hydrogens is 254 g/mol. The van der Waals surface area contributed by atoms with Crippen molar-refractivity contribution >= 4 is 22.5 Å². The van der Waals surface area contributed by atoms with Crippen LogP contribution in [0.25, 0.3) is 10.8 Å². The van der Waals surface area contributed by atoms with Gasteiger partial charge in [0.2, 0.25) is 0 Å². The minimum absolute atomic E-state index is 0.251. The Morgan fingerprint density at radius 2 is 1.95 bits per heavy atom. The SMILES string of the molecule is CCNC(CSCCO)c1ccc2ccccc2c1. The highest BCUT2D eigenvalue weighted by Gasteiger charge is 2.10. The van der Waals surface area contributed by atoms with E-state index < -0.39 is 0 Å². The van der Waals surface area contributed by atoms with Crippen LogP contribution in [-0.4, -0.2) is 29.8 Å². The van der Waals surface area contributed by atoms with Crippen LogP contribution < -0.4 is 5.32 Å². The van der Waals surface area contributed by atoms with Crippen molar-refractivity contribution in [2.45, 2.75) is 13.0 Å². The van der Waals surface area contributed by atoms with Gasteiger partial charge in [0.1, 0.15) is 0 Å². The first-order valence-corrected chi connectivity index (χ1v) is 7.91. The van der Waals surface area contributed by atoms with Gasteiger partial charge in [0.15, 0.2) is 0 Å². The third-order valence-electron chi connectivity index (χ3n) is 3.15. The molecule has 0 aliphatic carbocycles. The molecule has 0 heterocycles. The van der Waals surface area contributed by atoms with Crippen molar-refractivity contribution in [3.05, 3.63) is 48.0 Å². The molecule has 3 heteroatoms. The molecule has 0 bridgehead atoms. The molecule has 0 aromatic heterocycles. The van der Waals surface area contributed by atoms with E-state index >= 15 is 0 Å². The van der Waals surface area contributed by atoms with Gasteiger partial charge in [-0.05, 0) is 28.9 Å². The fourth-order valence-electron chi connectivity index (χ4n) is 2.21. The average Bonchev–Trinajstić information content (AvgIpc) is 2.46. The zero-order valence-electron chi connectivity index (χ0n) is 11.3. The van der Waals surface area contributed by atoms with E-state index in [-0.39, 0.29) is 6.61 Å². The Hall–Kier alpha value is -1.03. The Bertz CT molecular complexity index is 515. The Balaban J connectivity index is 2.17. The van der Waals surface area contributed by atoms with E-state index in [1.165, 1.54) is 16.3 Å². The van der Waals surface area contributed by atoms with Crippen LogP contribution in [0.2, 0.25) is 0 Å². The predicted octanol–water partition coefficient (Wildman–Crippen LogP) is 3.22. The molecule has 0 aliphatic heterocycles. The Kier molecular flexibility index (Phi) is 5.70. The van der Waals surface area contributed by atoms with Gasteiger partial charge in [-0.15, -0.1) is 0 Å². The second-order valence-electron chi connectivity index (χ2n) is 4.52. The summed E-state index contributed by atoms with van der Waals surface area (Å²) in [5, 5.41) is 15.0. The maximum Gasteiger partial charge on any atom is 0.0521 e. The first kappa shape index (κ1) is 14.4. The maximum absolute atomic E-state index is 8.88. The van der Waals surface area contributed by atoms with Crippen LogP contribution in [0.3, 0.4) is 0 Å². The minimum atomic E-state index is 0.251. The van der Waals surface area contributed by atoms with Gasteiger partial charge in [0.05, 0.1) is 6.61 Å². The van der Waals surface area contributed by atoms with Crippen LogP contribution >= 0.6 is 11.8 Å². The van der Waals surface area contributed by atoms with Gasteiger partial charge in [-0.2, -0.15) is 11.8 Å². The van der Waals surface area contributed by atoms with E-state index in [0.29, 0.717) is 6.04 Å². The highest BCUT2D eigenvalue weighted by atomic mass is 32.2. The fraction of sp³-hybridized carbons (Fsp3) is 0.375. The molecule has 102 valence electrons. The largest absolute Gasteiger partial charge is 0.396 e. The molecule has 2 aromatic carbocycles. The number of hydrogen-bond donors (Lipinski definition) is 2. The molecule has 0 saturated heterocycles. The summed E-state index contributed by atoms with van der Waals surface area (Å²) < 4.78 is 0. The number of rotatable bonds is 7. The molecular formula is C16H21NOS. The van der Waals surface area contributed by atoms with E-state index in [9.17, 15) is 0 Å². The summed E-state index contributed by atoms with van der Waals surface area (Å²) in [6.45, 7) is 3.34. The summed E-state index contributed by atoms with van der Waals surface area (Å²) in [6, 6.07) is 15.5. The van der Waals surface area contributed by atoms with Crippen molar-refractivity contribution in [3.8, 4) is 0 Å². The van der Waals surface area contributed by atoms with E-state index in [1.807, 2.05) is 0 Å². The van der Waals surface area contributed by atoms with Gasteiger partial charge in [-0.3, -0.25) is 0 Å². The van der Waals surface area contributed by atoms with E-state index in [1.54, 1.807) is 11.8 Å². The standard InChI is InChI=1S/C16H21NOS/c1-2-17-16(12-19-10-9-18)15-8-7-13-5-3-4-6-14(13)11-15/h3-8,11,16-18H,2,9-10,12H2,1H3. The zero-order chi connectivity index (χ0) is 13.5. The van der Waals surface area contributed by atoms with Crippen molar-refractivity contribution in [1.82, 2.24) is 5.32 Å². The average molecular weight is 275 g/mol. The monoisotopic (exact) mass is 275 g/mol. The molecule has 0 spiro atoms. The Morgan fingerprint density at radius 1 is 1.16 bits per heavy atom. The van der Waals surface area contributed by atoms with Crippen LogP contribution in [0.4, 0.5) is 0 Å². The minimum Gasteiger partial charge on any atom is -0.396 e. The van der Waals surface area contributed by atoms with E-state index in [2.05, 4.69) is 54.7 Å². The van der Waals surface area contributed by atoms with Crippen LogP contribution in [0.1, 0.15) is 18.5 Å². The number of thioether (sulfide) groups is 1. The molecule has 0 saturated carbocycles. The molecule has 0 aliphatic rings. The molecule has 2 rings (SSSR count). The fourth-order valence-corrected chi connectivity index (χ4v) is 3.05. The molecule has 1 unspecified atom stereocenters. The summed E-state index contributed by atoms with van der Waals surface area (Å²) in [5.74, 6) is 1.79. The topological polar surface area (TPSA) is 32.3 Å². The van der Waals surface area contributed by atoms with Gasteiger partial charge in [0.25, 0.3) is 0 Å². The lowest BCUT2D eigenvalue weighted by Crippen LogP contribution is -2.23. The van der Waals surface area contributed by atoms with Gasteiger partial charge in [0, 0.05) is 17.5 Å². The van der Waals surface area contributed by atoms with Crippen molar-refractivity contribution in [1.29, 1.82) is 0 Å². The maximum atomic E-state index is 8.88. The van der Waals surface area contributed by atoms with Crippen LogP contribution in [0.15, 0.2) is 42.5 Å². The normalized spacial score (nSPS) is 12.7. The van der Waals surface area contributed by atoms with Crippen molar-refractivity contribution in [2.24, 2.45) is 0 Å². The number of hydrogen-bond acceptors (Lipinski definition) is 3. The molecule has 0 fully saturated rings. The van der Waals surface area contributed by atoms with E-state index in [4.69, 9.17) is 5.11 Å². The van der Waals surface area contributed by atoms with Gasteiger partial charge < -0.3 is 10.4 Å². The van der Waals surface area contributed by atoms with Gasteiger partial charge >= 0.3 is 0 Å². The summed E-state index contributed by atoms with van der Waals surface area (Å²) in [5.41, 5.74) is 1.32. The number of fused-ring (bicyclic) bond motifs is 1. The number of aliphatic hydroxyl groups is 1. The summed E-state index contributed by atoms with van der Waals surface area (Å²) >= 11 is 1.79. The van der Waals surface area contributed by atoms with E-state index in [0.717, 1.165) is 18.1 Å². The van der Waals surface area contributed by atoms with Crippen LogP contribution in [-0.2, 0) is 0 Å². The molecule has 1 atom stereocenters.